The average Bonchev–Trinajstić information content (AvgIpc) is 2.34. The van der Waals surface area contributed by atoms with Gasteiger partial charge in [0.2, 0.25) is 0 Å². The van der Waals surface area contributed by atoms with Crippen molar-refractivity contribution in [1.29, 1.82) is 0 Å². The van der Waals surface area contributed by atoms with Crippen molar-refractivity contribution in [3.63, 3.8) is 0 Å². The summed E-state index contributed by atoms with van der Waals surface area (Å²) in [5.41, 5.74) is 3.47. The molecule has 2 rings (SSSR count). The summed E-state index contributed by atoms with van der Waals surface area (Å²) in [5.74, 6) is 2.73. The van der Waals surface area contributed by atoms with Crippen LogP contribution in [0.1, 0.15) is 16.7 Å². The van der Waals surface area contributed by atoms with E-state index in [0.29, 0.717) is 0 Å². The van der Waals surface area contributed by atoms with Crippen LogP contribution in [0.3, 0.4) is 0 Å². The van der Waals surface area contributed by atoms with Crippen LogP contribution in [-0.2, 0) is 6.54 Å². The Labute approximate surface area is 109 Å². The van der Waals surface area contributed by atoms with Crippen LogP contribution in [0.4, 0.5) is 0 Å². The molecule has 17 heavy (non-hydrogen) atoms. The lowest BCUT2D eigenvalue weighted by Gasteiger charge is -2.28. The summed E-state index contributed by atoms with van der Waals surface area (Å²) in [6, 6.07) is 4.08. The molecule has 0 saturated carbocycles. The van der Waals surface area contributed by atoms with Crippen LogP contribution in [0.2, 0.25) is 0 Å². The molecule has 0 radical (unpaired) electrons. The van der Waals surface area contributed by atoms with Gasteiger partial charge in [-0.3, -0.25) is 4.90 Å². The van der Waals surface area contributed by atoms with Crippen molar-refractivity contribution >= 4 is 12.6 Å². The summed E-state index contributed by atoms with van der Waals surface area (Å²) in [4.78, 5) is 3.40. The predicted molar refractivity (Wildman–Crippen MR) is 74.5 cm³/mol. The van der Waals surface area contributed by atoms with Crippen molar-refractivity contribution in [2.75, 3.05) is 26.2 Å². The summed E-state index contributed by atoms with van der Waals surface area (Å²) in [6.07, 6.45) is 5.51. The maximum Gasteiger partial charge on any atom is 0.0286 e. The third kappa shape index (κ3) is 3.04. The molecule has 0 aliphatic carbocycles. The quantitative estimate of drug-likeness (QED) is 0.609. The topological polar surface area (TPSA) is 15.3 Å². The zero-order chi connectivity index (χ0) is 12.3. The van der Waals surface area contributed by atoms with Gasteiger partial charge in [0.15, 0.2) is 0 Å². The minimum absolute atomic E-state index is 0.952. The molecule has 1 saturated heterocycles. The molecule has 1 aliphatic rings. The van der Waals surface area contributed by atoms with Crippen LogP contribution in [0, 0.1) is 19.3 Å². The highest BCUT2D eigenvalue weighted by molar-refractivity contribution is 7.80. The van der Waals surface area contributed by atoms with E-state index in [4.69, 9.17) is 6.42 Å². The summed E-state index contributed by atoms with van der Waals surface area (Å²) in [5, 5.41) is 3.36. The fourth-order valence-corrected chi connectivity index (χ4v) is 2.47. The Morgan fingerprint density at radius 3 is 2.76 bits per heavy atom. The highest BCUT2D eigenvalue weighted by Crippen LogP contribution is 2.20. The van der Waals surface area contributed by atoms with Crippen molar-refractivity contribution in [3.8, 4) is 12.3 Å². The fraction of sp³-hybridized carbons (Fsp3) is 0.429. The standard InChI is InChI=1S/C14H18N2S/c1-3-12-8-14(17)9-13(11(12)2)10-16-6-4-15-5-7-16/h1,8-9,15,17H,4-7,10H2,2H3. The molecule has 1 aromatic carbocycles. The average molecular weight is 246 g/mol. The van der Waals surface area contributed by atoms with E-state index in [0.717, 1.165) is 43.2 Å². The van der Waals surface area contributed by atoms with Crippen molar-refractivity contribution in [3.05, 3.63) is 28.8 Å². The first kappa shape index (κ1) is 12.5. The third-order valence-corrected chi connectivity index (χ3v) is 3.52. The summed E-state index contributed by atoms with van der Waals surface area (Å²) < 4.78 is 0. The number of benzene rings is 1. The van der Waals surface area contributed by atoms with Gasteiger partial charge in [-0.15, -0.1) is 19.1 Å². The van der Waals surface area contributed by atoms with Crippen LogP contribution >= 0.6 is 12.6 Å². The van der Waals surface area contributed by atoms with Crippen molar-refractivity contribution < 1.29 is 0 Å². The first-order valence-corrected chi connectivity index (χ1v) is 6.37. The molecule has 0 spiro atoms. The van der Waals surface area contributed by atoms with Crippen LogP contribution in [0.15, 0.2) is 17.0 Å². The van der Waals surface area contributed by atoms with Gasteiger partial charge >= 0.3 is 0 Å². The maximum absolute atomic E-state index is 5.51. The second-order valence-electron chi connectivity index (χ2n) is 4.45. The molecule has 0 amide bonds. The molecule has 2 nitrogen and oxygen atoms in total. The molecule has 0 atom stereocenters. The van der Waals surface area contributed by atoms with Gasteiger partial charge in [0, 0.05) is 43.2 Å². The molecule has 3 heteroatoms. The molecule has 90 valence electrons. The molecule has 0 bridgehead atoms. The van der Waals surface area contributed by atoms with Crippen LogP contribution in [0.25, 0.3) is 0 Å². The molecule has 1 aromatic rings. The summed E-state index contributed by atoms with van der Waals surface area (Å²) >= 11 is 4.42. The molecule has 0 unspecified atom stereocenters. The first-order valence-electron chi connectivity index (χ1n) is 5.93. The highest BCUT2D eigenvalue weighted by Gasteiger charge is 2.12. The van der Waals surface area contributed by atoms with E-state index in [2.05, 4.69) is 41.8 Å². The number of hydrogen-bond acceptors (Lipinski definition) is 3. The van der Waals surface area contributed by atoms with E-state index in [1.807, 2.05) is 6.07 Å². The highest BCUT2D eigenvalue weighted by atomic mass is 32.1. The third-order valence-electron chi connectivity index (χ3n) is 3.26. The number of nitrogens with zero attached hydrogens (tertiary/aromatic N) is 1. The number of thiol groups is 1. The van der Waals surface area contributed by atoms with Crippen LogP contribution in [0.5, 0.6) is 0 Å². The lowest BCUT2D eigenvalue weighted by Crippen LogP contribution is -2.43. The minimum Gasteiger partial charge on any atom is -0.314 e. The number of hydrogen-bond donors (Lipinski definition) is 2. The lowest BCUT2D eigenvalue weighted by molar-refractivity contribution is 0.232. The van der Waals surface area contributed by atoms with Gasteiger partial charge in [-0.05, 0) is 30.2 Å². The molecular weight excluding hydrogens is 228 g/mol. The monoisotopic (exact) mass is 246 g/mol. The SMILES string of the molecule is C#Cc1cc(S)cc(CN2CCNCC2)c1C. The van der Waals surface area contributed by atoms with E-state index in [9.17, 15) is 0 Å². The van der Waals surface area contributed by atoms with Crippen molar-refractivity contribution in [1.82, 2.24) is 10.2 Å². The van der Waals surface area contributed by atoms with Crippen LogP contribution in [-0.4, -0.2) is 31.1 Å². The molecular formula is C14H18N2S. The normalized spacial score (nSPS) is 16.8. The van der Waals surface area contributed by atoms with E-state index < -0.39 is 0 Å². The Morgan fingerprint density at radius 1 is 1.41 bits per heavy atom. The van der Waals surface area contributed by atoms with Gasteiger partial charge in [-0.1, -0.05) is 5.92 Å². The largest absolute Gasteiger partial charge is 0.314 e. The zero-order valence-electron chi connectivity index (χ0n) is 10.2. The Bertz CT molecular complexity index is 442. The van der Waals surface area contributed by atoms with Gasteiger partial charge in [-0.2, -0.15) is 0 Å². The molecule has 1 heterocycles. The van der Waals surface area contributed by atoms with Gasteiger partial charge in [-0.25, -0.2) is 0 Å². The van der Waals surface area contributed by atoms with Gasteiger partial charge in [0.25, 0.3) is 0 Å². The lowest BCUT2D eigenvalue weighted by atomic mass is 10.0. The predicted octanol–water partition coefficient (Wildman–Crippen LogP) is 1.67. The number of rotatable bonds is 2. The Morgan fingerprint density at radius 2 is 2.12 bits per heavy atom. The molecule has 1 N–H and O–H groups in total. The van der Waals surface area contributed by atoms with Gasteiger partial charge in [0.1, 0.15) is 0 Å². The second-order valence-corrected chi connectivity index (χ2v) is 4.96. The smallest absolute Gasteiger partial charge is 0.0286 e. The number of terminal acetylenes is 1. The minimum atomic E-state index is 0.952. The molecule has 0 aromatic heterocycles. The van der Waals surface area contributed by atoms with E-state index in [1.54, 1.807) is 0 Å². The maximum atomic E-state index is 5.51. The van der Waals surface area contributed by atoms with Crippen LogP contribution < -0.4 is 5.32 Å². The second kappa shape index (κ2) is 5.59. The van der Waals surface area contributed by atoms with Gasteiger partial charge in [0.05, 0.1) is 0 Å². The van der Waals surface area contributed by atoms with E-state index in [1.165, 1.54) is 11.1 Å². The summed E-state index contributed by atoms with van der Waals surface area (Å²) in [7, 11) is 0. The first-order chi connectivity index (χ1) is 8.20. The molecule has 1 aliphatic heterocycles. The number of piperazine rings is 1. The number of nitrogens with one attached hydrogen (secondary N) is 1. The Hall–Kier alpha value is -0.950. The van der Waals surface area contributed by atoms with E-state index >= 15 is 0 Å². The molecule has 1 fully saturated rings. The van der Waals surface area contributed by atoms with Gasteiger partial charge < -0.3 is 5.32 Å². The van der Waals surface area contributed by atoms with E-state index in [-0.39, 0.29) is 0 Å². The Kier molecular flexibility index (Phi) is 4.11. The van der Waals surface area contributed by atoms with Crippen molar-refractivity contribution in [2.45, 2.75) is 18.4 Å². The van der Waals surface area contributed by atoms with Crippen molar-refractivity contribution in [2.24, 2.45) is 0 Å². The fourth-order valence-electron chi connectivity index (χ4n) is 2.18. The summed E-state index contributed by atoms with van der Waals surface area (Å²) in [6.45, 7) is 7.41. The zero-order valence-corrected chi connectivity index (χ0v) is 11.1. The Balaban J connectivity index is 2.20.